The molecule has 0 aliphatic rings. The van der Waals surface area contributed by atoms with Crippen molar-refractivity contribution in [2.45, 2.75) is 20.4 Å². The van der Waals surface area contributed by atoms with Gasteiger partial charge in [-0.25, -0.2) is 0 Å². The first-order valence-corrected chi connectivity index (χ1v) is 7.61. The number of hydrogen-bond donors (Lipinski definition) is 0. The first-order chi connectivity index (χ1) is 11.5. The van der Waals surface area contributed by atoms with Gasteiger partial charge in [-0.1, -0.05) is 40.1 Å². The summed E-state index contributed by atoms with van der Waals surface area (Å²) in [5, 5.41) is 8.30. The molecule has 2 heterocycles. The summed E-state index contributed by atoms with van der Waals surface area (Å²) in [6.07, 6.45) is 0. The summed E-state index contributed by atoms with van der Waals surface area (Å²) in [6.45, 7) is 3.59. The molecule has 0 bridgehead atoms. The van der Waals surface area contributed by atoms with E-state index in [1.165, 1.54) is 4.90 Å². The maximum Gasteiger partial charge on any atom is 0.259 e. The van der Waals surface area contributed by atoms with Crippen LogP contribution in [-0.4, -0.2) is 33.2 Å². The summed E-state index contributed by atoms with van der Waals surface area (Å²) in [5.41, 5.74) is 1.42. The maximum atomic E-state index is 12.8. The van der Waals surface area contributed by atoms with E-state index < -0.39 is 0 Å². The predicted molar refractivity (Wildman–Crippen MR) is 86.5 cm³/mol. The summed E-state index contributed by atoms with van der Waals surface area (Å²) in [4.78, 5) is 18.4. The molecule has 8 heteroatoms. The van der Waals surface area contributed by atoms with Crippen LogP contribution in [0.25, 0.3) is 11.3 Å². The second-order valence-electron chi connectivity index (χ2n) is 5.33. The molecule has 124 valence electrons. The summed E-state index contributed by atoms with van der Waals surface area (Å²) in [6, 6.07) is 7.16. The number of rotatable bonds is 4. The topological polar surface area (TPSA) is 85.3 Å². The molecule has 0 aliphatic carbocycles. The summed E-state index contributed by atoms with van der Waals surface area (Å²) in [7, 11) is 1.65. The van der Waals surface area contributed by atoms with E-state index in [-0.39, 0.29) is 12.5 Å². The van der Waals surface area contributed by atoms with Crippen molar-refractivity contribution >= 4 is 17.5 Å². The quantitative estimate of drug-likeness (QED) is 0.720. The number of halogens is 1. The second-order valence-corrected chi connectivity index (χ2v) is 5.74. The van der Waals surface area contributed by atoms with Gasteiger partial charge >= 0.3 is 0 Å². The van der Waals surface area contributed by atoms with Gasteiger partial charge in [-0.2, -0.15) is 4.98 Å². The van der Waals surface area contributed by atoms with Crippen molar-refractivity contribution in [2.75, 3.05) is 7.05 Å². The van der Waals surface area contributed by atoms with Crippen molar-refractivity contribution < 1.29 is 13.8 Å². The number of aryl methyl sites for hydroxylation is 2. The van der Waals surface area contributed by atoms with Crippen LogP contribution in [0.5, 0.6) is 0 Å². The van der Waals surface area contributed by atoms with E-state index in [2.05, 4.69) is 15.3 Å². The minimum absolute atomic E-state index is 0.211. The highest BCUT2D eigenvalue weighted by Gasteiger charge is 2.26. The van der Waals surface area contributed by atoms with Gasteiger partial charge in [0.2, 0.25) is 5.89 Å². The lowest BCUT2D eigenvalue weighted by molar-refractivity contribution is 0.0779. The number of hydrogen-bond acceptors (Lipinski definition) is 6. The van der Waals surface area contributed by atoms with Crippen LogP contribution in [0, 0.1) is 13.8 Å². The Labute approximate surface area is 143 Å². The van der Waals surface area contributed by atoms with Crippen LogP contribution in [0.1, 0.15) is 27.8 Å². The van der Waals surface area contributed by atoms with Crippen LogP contribution in [-0.2, 0) is 6.54 Å². The van der Waals surface area contributed by atoms with Crippen LogP contribution >= 0.6 is 11.6 Å². The van der Waals surface area contributed by atoms with Crippen LogP contribution in [0.15, 0.2) is 33.3 Å². The number of aromatic nitrogens is 3. The molecule has 0 unspecified atom stereocenters. The molecule has 0 spiro atoms. The number of benzene rings is 1. The SMILES string of the molecule is Cc1nc(CN(C)C(=O)c2c(-c3ccccc3Cl)noc2C)no1. The number of nitrogens with zero attached hydrogens (tertiary/aromatic N) is 4. The van der Waals surface area contributed by atoms with E-state index >= 15 is 0 Å². The third-order valence-electron chi connectivity index (χ3n) is 3.50. The average Bonchev–Trinajstić information content (AvgIpc) is 3.13. The van der Waals surface area contributed by atoms with Crippen LogP contribution in [0.4, 0.5) is 0 Å². The molecular formula is C16H15ClN4O3. The summed E-state index contributed by atoms with van der Waals surface area (Å²) in [5.74, 6) is 1.04. The first-order valence-electron chi connectivity index (χ1n) is 7.23. The fourth-order valence-electron chi connectivity index (χ4n) is 2.34. The molecule has 1 amide bonds. The van der Waals surface area contributed by atoms with Gasteiger partial charge in [-0.15, -0.1) is 0 Å². The Balaban J connectivity index is 1.93. The van der Waals surface area contributed by atoms with Gasteiger partial charge in [0, 0.05) is 19.5 Å². The van der Waals surface area contributed by atoms with Gasteiger partial charge in [-0.05, 0) is 13.0 Å². The Bertz CT molecular complexity index is 887. The number of amides is 1. The van der Waals surface area contributed by atoms with Crippen molar-refractivity contribution in [1.82, 2.24) is 20.2 Å². The third-order valence-corrected chi connectivity index (χ3v) is 3.83. The highest BCUT2D eigenvalue weighted by atomic mass is 35.5. The minimum Gasteiger partial charge on any atom is -0.360 e. The van der Waals surface area contributed by atoms with Gasteiger partial charge in [0.25, 0.3) is 5.91 Å². The normalized spacial score (nSPS) is 10.8. The largest absolute Gasteiger partial charge is 0.360 e. The van der Waals surface area contributed by atoms with Crippen molar-refractivity contribution in [1.29, 1.82) is 0 Å². The van der Waals surface area contributed by atoms with Crippen LogP contribution < -0.4 is 0 Å². The molecule has 0 saturated heterocycles. The summed E-state index contributed by atoms with van der Waals surface area (Å²) < 4.78 is 10.1. The number of carbonyl (C=O) groups is 1. The molecule has 7 nitrogen and oxygen atoms in total. The molecule has 2 aromatic heterocycles. The zero-order valence-corrected chi connectivity index (χ0v) is 14.2. The van der Waals surface area contributed by atoms with Crippen molar-refractivity contribution in [2.24, 2.45) is 0 Å². The third kappa shape index (κ3) is 3.03. The fraction of sp³-hybridized carbons (Fsp3) is 0.250. The Hall–Kier alpha value is -2.67. The van der Waals surface area contributed by atoms with E-state index in [1.54, 1.807) is 33.0 Å². The number of carbonyl (C=O) groups excluding carboxylic acids is 1. The van der Waals surface area contributed by atoms with E-state index in [9.17, 15) is 4.79 Å². The van der Waals surface area contributed by atoms with Crippen molar-refractivity contribution in [3.63, 3.8) is 0 Å². The molecule has 3 rings (SSSR count). The smallest absolute Gasteiger partial charge is 0.259 e. The molecular weight excluding hydrogens is 332 g/mol. The molecule has 0 saturated carbocycles. The van der Waals surface area contributed by atoms with Crippen LogP contribution in [0.2, 0.25) is 5.02 Å². The Morgan fingerprint density at radius 3 is 2.62 bits per heavy atom. The zero-order valence-electron chi connectivity index (χ0n) is 13.4. The lowest BCUT2D eigenvalue weighted by Gasteiger charge is -2.15. The van der Waals surface area contributed by atoms with E-state index in [4.69, 9.17) is 20.6 Å². The minimum atomic E-state index is -0.258. The van der Waals surface area contributed by atoms with Gasteiger partial charge in [0.15, 0.2) is 5.82 Å². The molecule has 0 radical (unpaired) electrons. The van der Waals surface area contributed by atoms with Crippen molar-refractivity contribution in [3.8, 4) is 11.3 Å². The van der Waals surface area contributed by atoms with Gasteiger partial charge < -0.3 is 13.9 Å². The molecule has 1 aromatic carbocycles. The standard InChI is InChI=1S/C16H15ClN4O3/c1-9-14(15(20-23-9)11-6-4-5-7-12(11)17)16(22)21(3)8-13-18-10(2)24-19-13/h4-7H,8H2,1-3H3. The molecule has 0 aliphatic heterocycles. The Kier molecular flexibility index (Phi) is 4.35. The zero-order chi connectivity index (χ0) is 17.3. The van der Waals surface area contributed by atoms with Gasteiger partial charge in [-0.3, -0.25) is 4.79 Å². The van der Waals surface area contributed by atoms with Gasteiger partial charge in [0.1, 0.15) is 17.0 Å². The van der Waals surface area contributed by atoms with E-state index in [0.29, 0.717) is 39.3 Å². The first kappa shape index (κ1) is 16.2. The molecule has 0 atom stereocenters. The predicted octanol–water partition coefficient (Wildman–Crippen LogP) is 3.27. The molecule has 0 fully saturated rings. The highest BCUT2D eigenvalue weighted by Crippen LogP contribution is 2.31. The molecule has 0 N–H and O–H groups in total. The Morgan fingerprint density at radius 2 is 1.96 bits per heavy atom. The summed E-state index contributed by atoms with van der Waals surface area (Å²) >= 11 is 6.22. The maximum absolute atomic E-state index is 12.8. The molecule has 3 aromatic rings. The Morgan fingerprint density at radius 1 is 1.21 bits per heavy atom. The second kappa shape index (κ2) is 6.45. The van der Waals surface area contributed by atoms with Crippen molar-refractivity contribution in [3.05, 3.63) is 52.3 Å². The lowest BCUT2D eigenvalue weighted by Crippen LogP contribution is -2.27. The fourth-order valence-corrected chi connectivity index (χ4v) is 2.57. The van der Waals surface area contributed by atoms with E-state index in [1.807, 2.05) is 12.1 Å². The molecule has 24 heavy (non-hydrogen) atoms. The highest BCUT2D eigenvalue weighted by molar-refractivity contribution is 6.33. The lowest BCUT2D eigenvalue weighted by atomic mass is 10.1. The van der Waals surface area contributed by atoms with E-state index in [0.717, 1.165) is 0 Å². The average molecular weight is 347 g/mol. The monoisotopic (exact) mass is 346 g/mol. The van der Waals surface area contributed by atoms with Gasteiger partial charge in [0.05, 0.1) is 11.6 Å². The van der Waals surface area contributed by atoms with Crippen LogP contribution in [0.3, 0.4) is 0 Å².